The first kappa shape index (κ1) is 14.9. The largest absolute Gasteiger partial charge is 0.467 e. The third-order valence-electron chi connectivity index (χ3n) is 3.05. The van der Waals surface area contributed by atoms with Gasteiger partial charge in [-0.2, -0.15) is 0 Å². The van der Waals surface area contributed by atoms with Crippen molar-refractivity contribution < 1.29 is 9.84 Å². The van der Waals surface area contributed by atoms with Crippen LogP contribution in [0.3, 0.4) is 0 Å². The summed E-state index contributed by atoms with van der Waals surface area (Å²) in [7, 11) is 0. The Labute approximate surface area is 124 Å². The first-order valence-corrected chi connectivity index (χ1v) is 6.83. The van der Waals surface area contributed by atoms with Gasteiger partial charge < -0.3 is 9.84 Å². The van der Waals surface area contributed by atoms with E-state index in [-0.39, 0.29) is 5.41 Å². The van der Waals surface area contributed by atoms with E-state index >= 15 is 0 Å². The fraction of sp³-hybridized carbons (Fsp3) is 0.400. The van der Waals surface area contributed by atoms with E-state index < -0.39 is 12.3 Å². The molecule has 2 atom stereocenters. The fourth-order valence-electron chi connectivity index (χ4n) is 1.79. The van der Waals surface area contributed by atoms with Crippen molar-refractivity contribution in [2.45, 2.75) is 33.1 Å². The summed E-state index contributed by atoms with van der Waals surface area (Å²) < 4.78 is 7.67. The van der Waals surface area contributed by atoms with Crippen LogP contribution in [0.5, 0.6) is 5.75 Å². The summed E-state index contributed by atoms with van der Waals surface area (Å²) in [5, 5.41) is 11.2. The number of rotatable bonds is 4. The smallest absolute Gasteiger partial charge is 0.203 e. The Morgan fingerprint density at radius 2 is 1.90 bits per heavy atom. The van der Waals surface area contributed by atoms with Gasteiger partial charge in [0.2, 0.25) is 6.23 Å². The van der Waals surface area contributed by atoms with Crippen LogP contribution in [0.1, 0.15) is 27.0 Å². The van der Waals surface area contributed by atoms with Crippen molar-refractivity contribution in [3.63, 3.8) is 0 Å². The zero-order valence-corrected chi connectivity index (χ0v) is 12.6. The van der Waals surface area contributed by atoms with Crippen molar-refractivity contribution in [2.75, 3.05) is 0 Å². The van der Waals surface area contributed by atoms with E-state index in [2.05, 4.69) is 4.98 Å². The topological polar surface area (TPSA) is 47.3 Å². The predicted molar refractivity (Wildman–Crippen MR) is 78.8 cm³/mol. The number of benzene rings is 1. The van der Waals surface area contributed by atoms with E-state index in [1.807, 2.05) is 20.8 Å². The monoisotopic (exact) mass is 294 g/mol. The summed E-state index contributed by atoms with van der Waals surface area (Å²) in [6.45, 7) is 5.90. The normalized spacial score (nSPS) is 14.8. The predicted octanol–water partition coefficient (Wildman–Crippen LogP) is 3.52. The Bertz CT molecular complexity index is 532. The molecule has 0 bridgehead atoms. The molecule has 5 heteroatoms. The molecule has 108 valence electrons. The quantitative estimate of drug-likeness (QED) is 0.938. The summed E-state index contributed by atoms with van der Waals surface area (Å²) in [6, 6.07) is 7.07. The highest BCUT2D eigenvalue weighted by Crippen LogP contribution is 2.30. The molecule has 0 fully saturated rings. The van der Waals surface area contributed by atoms with Crippen LogP contribution < -0.4 is 4.74 Å². The molecule has 0 radical (unpaired) electrons. The summed E-state index contributed by atoms with van der Waals surface area (Å²) >= 11 is 5.86. The van der Waals surface area contributed by atoms with Crippen molar-refractivity contribution in [2.24, 2.45) is 5.41 Å². The second-order valence-corrected chi connectivity index (χ2v) is 6.22. The average Bonchev–Trinajstić information content (AvgIpc) is 2.90. The molecule has 0 aliphatic carbocycles. The van der Waals surface area contributed by atoms with Crippen LogP contribution in [-0.4, -0.2) is 20.8 Å². The van der Waals surface area contributed by atoms with E-state index in [1.54, 1.807) is 47.6 Å². The first-order valence-electron chi connectivity index (χ1n) is 6.45. The number of hydrogen-bond acceptors (Lipinski definition) is 3. The van der Waals surface area contributed by atoms with E-state index in [9.17, 15) is 5.11 Å². The van der Waals surface area contributed by atoms with Gasteiger partial charge in [0, 0.05) is 17.4 Å². The standard InChI is InChI=1S/C15H19ClN2O2/c1-15(2,3)13(19)14(18-9-8-17-10-18)20-12-6-4-11(16)5-7-12/h4-10,13-14,19H,1-3H3/t13-,14+/m1/s1. The van der Waals surface area contributed by atoms with E-state index in [0.29, 0.717) is 10.8 Å². The molecule has 1 N–H and O–H groups in total. The number of aliphatic hydroxyl groups is 1. The molecule has 0 aliphatic heterocycles. The summed E-state index contributed by atoms with van der Waals surface area (Å²) in [5.74, 6) is 0.649. The number of aliphatic hydroxyl groups excluding tert-OH is 1. The van der Waals surface area contributed by atoms with Crippen LogP contribution in [0.2, 0.25) is 5.02 Å². The van der Waals surface area contributed by atoms with Crippen LogP contribution in [0.25, 0.3) is 0 Å². The molecule has 0 saturated heterocycles. The lowest BCUT2D eigenvalue weighted by molar-refractivity contribution is -0.0674. The van der Waals surface area contributed by atoms with Crippen LogP contribution in [0, 0.1) is 5.41 Å². The fourth-order valence-corrected chi connectivity index (χ4v) is 1.91. The number of nitrogens with zero attached hydrogens (tertiary/aromatic N) is 2. The van der Waals surface area contributed by atoms with Gasteiger partial charge in [-0.3, -0.25) is 4.57 Å². The van der Waals surface area contributed by atoms with Gasteiger partial charge in [-0.1, -0.05) is 32.4 Å². The molecule has 0 spiro atoms. The lowest BCUT2D eigenvalue weighted by Crippen LogP contribution is -2.38. The van der Waals surface area contributed by atoms with Gasteiger partial charge in [-0.25, -0.2) is 4.98 Å². The zero-order valence-electron chi connectivity index (χ0n) is 11.8. The van der Waals surface area contributed by atoms with E-state index in [0.717, 1.165) is 0 Å². The summed E-state index contributed by atoms with van der Waals surface area (Å²) in [5.41, 5.74) is -0.318. The highest BCUT2D eigenvalue weighted by molar-refractivity contribution is 6.30. The summed E-state index contributed by atoms with van der Waals surface area (Å²) in [4.78, 5) is 4.01. The maximum atomic E-state index is 10.5. The zero-order chi connectivity index (χ0) is 14.8. The van der Waals surface area contributed by atoms with Crippen LogP contribution >= 0.6 is 11.6 Å². The molecule has 1 aromatic carbocycles. The number of imidazole rings is 1. The van der Waals surface area contributed by atoms with E-state index in [4.69, 9.17) is 16.3 Å². The van der Waals surface area contributed by atoms with Crippen molar-refractivity contribution in [1.29, 1.82) is 0 Å². The van der Waals surface area contributed by atoms with Crippen molar-refractivity contribution in [3.05, 3.63) is 48.0 Å². The van der Waals surface area contributed by atoms with Crippen molar-refractivity contribution in [1.82, 2.24) is 9.55 Å². The van der Waals surface area contributed by atoms with Gasteiger partial charge in [-0.15, -0.1) is 0 Å². The molecular formula is C15H19ClN2O2. The molecule has 2 aromatic rings. The van der Waals surface area contributed by atoms with Crippen LogP contribution in [-0.2, 0) is 0 Å². The second-order valence-electron chi connectivity index (χ2n) is 5.78. The molecule has 0 saturated carbocycles. The molecule has 0 amide bonds. The van der Waals surface area contributed by atoms with Gasteiger partial charge in [-0.05, 0) is 29.7 Å². The van der Waals surface area contributed by atoms with Gasteiger partial charge in [0.05, 0.1) is 6.33 Å². The first-order chi connectivity index (χ1) is 9.38. The molecule has 20 heavy (non-hydrogen) atoms. The minimum Gasteiger partial charge on any atom is -0.467 e. The number of halogens is 1. The summed E-state index contributed by atoms with van der Waals surface area (Å²) in [6.07, 6.45) is 3.84. The molecule has 0 aliphatic rings. The third kappa shape index (κ3) is 3.52. The molecule has 4 nitrogen and oxygen atoms in total. The van der Waals surface area contributed by atoms with Gasteiger partial charge in [0.25, 0.3) is 0 Å². The highest BCUT2D eigenvalue weighted by atomic mass is 35.5. The Morgan fingerprint density at radius 3 is 2.40 bits per heavy atom. The molecule has 1 aromatic heterocycles. The van der Waals surface area contributed by atoms with Crippen molar-refractivity contribution in [3.8, 4) is 5.75 Å². The average molecular weight is 295 g/mol. The number of hydrogen-bond donors (Lipinski definition) is 1. The van der Waals surface area contributed by atoms with Crippen molar-refractivity contribution >= 4 is 11.6 Å². The van der Waals surface area contributed by atoms with E-state index in [1.165, 1.54) is 0 Å². The molecular weight excluding hydrogens is 276 g/mol. The minimum absolute atomic E-state index is 0.318. The second kappa shape index (κ2) is 5.85. The Morgan fingerprint density at radius 1 is 1.25 bits per heavy atom. The lowest BCUT2D eigenvalue weighted by Gasteiger charge is -2.33. The SMILES string of the molecule is CC(C)(C)[C@H](O)[C@H](Oc1ccc(Cl)cc1)n1ccnc1. The number of ether oxygens (including phenoxy) is 1. The third-order valence-corrected chi connectivity index (χ3v) is 3.30. The molecule has 2 rings (SSSR count). The minimum atomic E-state index is -0.688. The highest BCUT2D eigenvalue weighted by Gasteiger charge is 2.33. The maximum Gasteiger partial charge on any atom is 0.203 e. The van der Waals surface area contributed by atoms with Crippen LogP contribution in [0.15, 0.2) is 43.0 Å². The Kier molecular flexibility index (Phi) is 4.35. The Hall–Kier alpha value is -1.52. The van der Waals surface area contributed by atoms with Gasteiger partial charge in [0.1, 0.15) is 11.9 Å². The number of aromatic nitrogens is 2. The molecule has 0 unspecified atom stereocenters. The Balaban J connectivity index is 2.26. The van der Waals surface area contributed by atoms with Crippen LogP contribution in [0.4, 0.5) is 0 Å². The lowest BCUT2D eigenvalue weighted by atomic mass is 9.88. The van der Waals surface area contributed by atoms with Gasteiger partial charge >= 0.3 is 0 Å². The van der Waals surface area contributed by atoms with Gasteiger partial charge in [0.15, 0.2) is 0 Å². The maximum absolute atomic E-state index is 10.5. The molecule has 1 heterocycles.